The second-order valence-corrected chi connectivity index (χ2v) is 20.4. The Kier molecular flexibility index (Phi) is 11.7. The van der Waals surface area contributed by atoms with E-state index < -0.39 is 30.0 Å². The van der Waals surface area contributed by atoms with Crippen molar-refractivity contribution in [3.8, 4) is 11.8 Å². The molecule has 4 aromatic heterocycles. The van der Waals surface area contributed by atoms with Crippen LogP contribution in [0.3, 0.4) is 0 Å². The monoisotopic (exact) mass is 913 g/mol. The summed E-state index contributed by atoms with van der Waals surface area (Å²) in [4.78, 5) is 61.0. The lowest BCUT2D eigenvalue weighted by atomic mass is 9.37. The number of fused-ring (bicyclic) bond motifs is 4. The van der Waals surface area contributed by atoms with Crippen molar-refractivity contribution in [2.24, 2.45) is 13.0 Å². The molecule has 3 amide bonds. The molecule has 5 fully saturated rings. The first-order valence-electron chi connectivity index (χ1n) is 23.3. The van der Waals surface area contributed by atoms with Crippen molar-refractivity contribution in [2.75, 3.05) is 49.6 Å². The third-order valence-electron chi connectivity index (χ3n) is 14.6. The number of hydrogen-bond acceptors (Lipinski definition) is 11. The van der Waals surface area contributed by atoms with Gasteiger partial charge in [0.1, 0.15) is 55.4 Å². The largest absolute Gasteiger partial charge is 0.374 e. The van der Waals surface area contributed by atoms with E-state index in [0.717, 1.165) is 64.1 Å². The fourth-order valence-corrected chi connectivity index (χ4v) is 11.9. The van der Waals surface area contributed by atoms with Gasteiger partial charge in [-0.25, -0.2) is 23.1 Å². The number of halogens is 2. The Hall–Kier alpha value is -5.71. The van der Waals surface area contributed by atoms with E-state index in [2.05, 4.69) is 73.9 Å². The number of benzene rings is 1. The minimum Gasteiger partial charge on any atom is -0.374 e. The summed E-state index contributed by atoms with van der Waals surface area (Å²) in [5, 5.41) is 13.3. The number of aromatic nitrogens is 7. The molecule has 4 saturated heterocycles. The van der Waals surface area contributed by atoms with Crippen LogP contribution in [0.15, 0.2) is 47.7 Å². The van der Waals surface area contributed by atoms with Crippen LogP contribution in [0.25, 0.3) is 16.7 Å². The minimum absolute atomic E-state index is 0.0156. The summed E-state index contributed by atoms with van der Waals surface area (Å²) in [5.41, 5.74) is 1.58. The van der Waals surface area contributed by atoms with E-state index in [1.807, 2.05) is 18.2 Å². The highest BCUT2D eigenvalue weighted by Gasteiger charge is 2.47. The number of carbonyl (C=O) groups is 3. The van der Waals surface area contributed by atoms with Crippen molar-refractivity contribution in [3.63, 3.8) is 0 Å². The second-order valence-electron chi connectivity index (χ2n) is 20.4. The molecule has 17 nitrogen and oxygen atoms in total. The molecule has 1 saturated carbocycles. The zero-order valence-electron chi connectivity index (χ0n) is 38.5. The average Bonchev–Trinajstić information content (AvgIpc) is 4.13. The number of amides is 3. The highest BCUT2D eigenvalue weighted by molar-refractivity contribution is 6.46. The summed E-state index contributed by atoms with van der Waals surface area (Å²) >= 11 is 0. The van der Waals surface area contributed by atoms with Crippen LogP contribution < -0.4 is 21.2 Å². The average molecular weight is 913 g/mol. The normalized spacial score (nSPS) is 25.2. The number of morpholine rings is 1. The molecule has 0 spiro atoms. The molecule has 8 heterocycles. The highest BCUT2D eigenvalue weighted by atomic mass is 19.3. The van der Waals surface area contributed by atoms with E-state index in [-0.39, 0.29) is 77.0 Å². The van der Waals surface area contributed by atoms with Gasteiger partial charge in [0.05, 0.1) is 53.3 Å². The number of aryl methyl sites for hydroxylation is 1. The Morgan fingerprint density at radius 2 is 1.84 bits per heavy atom. The summed E-state index contributed by atoms with van der Waals surface area (Å²) in [6.45, 7) is 4.15. The quantitative estimate of drug-likeness (QED) is 0.110. The molecule has 1 aliphatic carbocycles. The van der Waals surface area contributed by atoms with Crippen LogP contribution in [0.5, 0.6) is 0 Å². The molecular formula is C44H53B4F2N11O6. The van der Waals surface area contributed by atoms with Crippen LogP contribution in [0.4, 0.5) is 20.3 Å². The molecule has 2 N–H and O–H groups in total. The molecule has 23 heteroatoms. The van der Waals surface area contributed by atoms with Gasteiger partial charge in [-0.3, -0.25) is 33.5 Å². The smallest absolute Gasteiger partial charge is 0.329 e. The van der Waals surface area contributed by atoms with Gasteiger partial charge in [0.2, 0.25) is 11.8 Å². The summed E-state index contributed by atoms with van der Waals surface area (Å²) in [7, 11) is 10.6. The van der Waals surface area contributed by atoms with Crippen molar-refractivity contribution in [1.82, 2.24) is 43.7 Å². The van der Waals surface area contributed by atoms with Gasteiger partial charge >= 0.3 is 5.69 Å². The second kappa shape index (κ2) is 17.4. The number of piperidine rings is 2. The number of hydrogen-bond donors (Lipinski definition) is 2. The lowest BCUT2D eigenvalue weighted by Gasteiger charge is -2.54. The first-order chi connectivity index (χ1) is 32.0. The van der Waals surface area contributed by atoms with Crippen LogP contribution in [0.2, 0.25) is 10.4 Å². The molecule has 4 aliphatic heterocycles. The number of ether oxygens (including phenoxy) is 2. The first kappa shape index (κ1) is 45.1. The van der Waals surface area contributed by atoms with Gasteiger partial charge in [-0.05, 0) is 86.2 Å². The van der Waals surface area contributed by atoms with Gasteiger partial charge in [-0.2, -0.15) is 10.2 Å². The number of rotatable bonds is 10. The third kappa shape index (κ3) is 8.49. The minimum atomic E-state index is -2.88. The van der Waals surface area contributed by atoms with Crippen LogP contribution in [0.1, 0.15) is 85.1 Å². The molecular weight excluding hydrogens is 860 g/mol. The molecule has 346 valence electrons. The number of carbonyl (C=O) groups excluding carboxylic acids is 3. The molecule has 1 aromatic carbocycles. The molecule has 67 heavy (non-hydrogen) atoms. The molecule has 5 aliphatic rings. The molecule has 1 unspecified atom stereocenters. The number of para-hydroxylation sites is 1. The van der Waals surface area contributed by atoms with Gasteiger partial charge in [-0.15, -0.1) is 0 Å². The number of imidazole rings is 1. The van der Waals surface area contributed by atoms with Crippen molar-refractivity contribution >= 4 is 77.3 Å². The van der Waals surface area contributed by atoms with Crippen LogP contribution in [0, 0.1) is 17.8 Å². The van der Waals surface area contributed by atoms with E-state index in [4.69, 9.17) is 14.5 Å². The Morgan fingerprint density at radius 1 is 1.06 bits per heavy atom. The molecule has 3 atom stereocenters. The van der Waals surface area contributed by atoms with Gasteiger partial charge in [-0.1, -0.05) is 17.9 Å². The maximum Gasteiger partial charge on any atom is 0.329 e. The number of nitrogens with zero attached hydrogens (tertiary/aromatic N) is 9. The number of alkyl halides is 2. The van der Waals surface area contributed by atoms with E-state index in [9.17, 15) is 28.0 Å². The van der Waals surface area contributed by atoms with Crippen LogP contribution in [-0.4, -0.2) is 145 Å². The van der Waals surface area contributed by atoms with Gasteiger partial charge in [0, 0.05) is 45.1 Å². The lowest BCUT2D eigenvalue weighted by molar-refractivity contribution is -0.135. The summed E-state index contributed by atoms with van der Waals surface area (Å²) in [6.07, 6.45) is 6.66. The molecule has 0 radical (unpaired) electrons. The predicted molar refractivity (Wildman–Crippen MR) is 256 cm³/mol. The van der Waals surface area contributed by atoms with E-state index in [1.54, 1.807) is 30.2 Å². The van der Waals surface area contributed by atoms with Gasteiger partial charge < -0.3 is 24.6 Å². The molecule has 10 rings (SSSR count). The number of likely N-dealkylation sites (tertiary alicyclic amines) is 1. The number of imide groups is 1. The van der Waals surface area contributed by atoms with Crippen molar-refractivity contribution in [2.45, 2.75) is 92.1 Å². The Balaban J connectivity index is 0.746. The van der Waals surface area contributed by atoms with Gasteiger partial charge in [0.15, 0.2) is 11.3 Å². The maximum absolute atomic E-state index is 14.4. The van der Waals surface area contributed by atoms with Crippen molar-refractivity contribution < 1.29 is 32.6 Å². The summed E-state index contributed by atoms with van der Waals surface area (Å²) in [5.74, 6) is 6.17. The lowest BCUT2D eigenvalue weighted by Crippen LogP contribution is -2.58. The fourth-order valence-electron chi connectivity index (χ4n) is 11.9. The molecule has 5 aromatic rings. The topological polar surface area (TPSA) is 175 Å². The van der Waals surface area contributed by atoms with Crippen LogP contribution >= 0.6 is 0 Å². The van der Waals surface area contributed by atoms with E-state index in [1.165, 1.54) is 19.8 Å². The molecule has 2 bridgehead atoms. The van der Waals surface area contributed by atoms with E-state index >= 15 is 0 Å². The maximum atomic E-state index is 14.4. The van der Waals surface area contributed by atoms with Crippen LogP contribution in [-0.2, 0) is 26.1 Å². The zero-order chi connectivity index (χ0) is 46.9. The van der Waals surface area contributed by atoms with Crippen molar-refractivity contribution in [1.29, 1.82) is 0 Å². The standard InChI is InChI=1S/C44H53B4F2N11O6/c1-56-36-25(4-2-6-31(36)61(42(56)65)32-11-12-34(62)54-40(32)64)5-3-15-66-41-43(45,46)22-57(23-44(41,47)48)18-24-7-9-26(10-8-24)60-20-30(35(55-60)37(49)50)52-39(63)29-17-51-59-14-13-33(53-38(29)59)58-19-28-16-27(58)21-67-28/h2,4,6,13-14,17,20,24,26-28,32,37,41H,7-12,15-16,18-19,21-23,45-48H2,1H3,(H,52,63)(H,54,62,64)/t24-,26-,27-,28-,32?/m1/s1. The summed E-state index contributed by atoms with van der Waals surface area (Å²) in [6, 6.07) is 6.71. The Morgan fingerprint density at radius 3 is 2.54 bits per heavy atom. The highest BCUT2D eigenvalue weighted by Crippen LogP contribution is 2.45. The third-order valence-corrected chi connectivity index (χ3v) is 14.6. The zero-order valence-corrected chi connectivity index (χ0v) is 38.5. The van der Waals surface area contributed by atoms with Crippen molar-refractivity contribution in [3.05, 3.63) is 70.2 Å². The SMILES string of the molecule is BC1(B)CN(C[C@H]2CC[C@H](n3cc(NC(=O)c4cnn5ccc(N6C[C@H]7C[C@@H]6CO7)nc45)c(C(F)F)n3)CC2)CC(B)(B)C1OCC#Cc1cccc2c1n(C)c(=O)n2C1CCC(=O)NC1=O. The fraction of sp³-hybridized carbons (Fsp3) is 0.523. The van der Waals surface area contributed by atoms with Gasteiger partial charge in [0.25, 0.3) is 12.3 Å². The Bertz CT molecular complexity index is 2880. The van der Waals surface area contributed by atoms with E-state index in [0.29, 0.717) is 34.8 Å². The Labute approximate surface area is 389 Å². The first-order valence-corrected chi connectivity index (χ1v) is 23.3. The number of nitrogens with one attached hydrogen (secondary N) is 2. The predicted octanol–water partition coefficient (Wildman–Crippen LogP) is -0.0271. The summed E-state index contributed by atoms with van der Waals surface area (Å²) < 4.78 is 47.2. The number of anilines is 2.